The van der Waals surface area contributed by atoms with E-state index in [0.717, 1.165) is 28.1 Å². The van der Waals surface area contributed by atoms with Crippen molar-refractivity contribution in [3.63, 3.8) is 0 Å². The molecule has 0 amide bonds. The van der Waals surface area contributed by atoms with Crippen molar-refractivity contribution < 1.29 is 4.39 Å². The van der Waals surface area contributed by atoms with Gasteiger partial charge < -0.3 is 0 Å². The lowest BCUT2D eigenvalue weighted by molar-refractivity contribution is 0.629. The van der Waals surface area contributed by atoms with Gasteiger partial charge >= 0.3 is 0 Å². The minimum atomic E-state index is -0.250. The normalized spacial score (nSPS) is 11.0. The first kappa shape index (κ1) is 13.7. The van der Waals surface area contributed by atoms with Gasteiger partial charge in [0.25, 0.3) is 0 Å². The number of hydrogen-bond donors (Lipinski definition) is 0. The molecule has 3 aromatic carbocycles. The Hall–Kier alpha value is -2.94. The number of aryl methyl sites for hydroxylation is 1. The summed E-state index contributed by atoms with van der Waals surface area (Å²) < 4.78 is 15.6. The maximum Gasteiger partial charge on any atom is 0.125 e. The molecule has 0 aliphatic rings. The van der Waals surface area contributed by atoms with E-state index in [1.54, 1.807) is 6.07 Å². The molecule has 0 aliphatic heterocycles. The molecular weight excluding hydrogens is 287 g/mol. The van der Waals surface area contributed by atoms with Crippen LogP contribution in [-0.4, -0.2) is 9.55 Å². The van der Waals surface area contributed by atoms with Crippen LogP contribution in [0, 0.1) is 12.7 Å². The lowest BCUT2D eigenvalue weighted by Gasteiger charge is -2.08. The summed E-state index contributed by atoms with van der Waals surface area (Å²) in [6, 6.07) is 23.2. The highest BCUT2D eigenvalue weighted by atomic mass is 19.1. The van der Waals surface area contributed by atoms with Gasteiger partial charge in [0.2, 0.25) is 0 Å². The maximum atomic E-state index is 13.6. The second kappa shape index (κ2) is 5.36. The molecule has 0 saturated heterocycles. The summed E-state index contributed by atoms with van der Waals surface area (Å²) in [5.41, 5.74) is 4.90. The Morgan fingerprint density at radius 2 is 1.52 bits per heavy atom. The van der Waals surface area contributed by atoms with E-state index in [0.29, 0.717) is 0 Å². The molecule has 1 aromatic heterocycles. The van der Waals surface area contributed by atoms with Gasteiger partial charge in [0.05, 0.1) is 11.0 Å². The van der Waals surface area contributed by atoms with Crippen LogP contribution in [0.2, 0.25) is 0 Å². The third-order valence-electron chi connectivity index (χ3n) is 4.02. The first-order valence-corrected chi connectivity index (χ1v) is 7.53. The quantitative estimate of drug-likeness (QED) is 0.501. The summed E-state index contributed by atoms with van der Waals surface area (Å²) in [4.78, 5) is 4.51. The molecule has 2 nitrogen and oxygen atoms in total. The van der Waals surface area contributed by atoms with Gasteiger partial charge in [-0.25, -0.2) is 9.37 Å². The van der Waals surface area contributed by atoms with Crippen molar-refractivity contribution in [2.24, 2.45) is 0 Å². The summed E-state index contributed by atoms with van der Waals surface area (Å²) in [6.07, 6.45) is 0. The van der Waals surface area contributed by atoms with Crippen LogP contribution in [0.5, 0.6) is 0 Å². The van der Waals surface area contributed by atoms with E-state index in [9.17, 15) is 4.39 Å². The van der Waals surface area contributed by atoms with Crippen LogP contribution >= 0.6 is 0 Å². The fourth-order valence-corrected chi connectivity index (χ4v) is 2.93. The van der Waals surface area contributed by atoms with Crippen LogP contribution in [0.15, 0.2) is 72.8 Å². The van der Waals surface area contributed by atoms with E-state index in [2.05, 4.69) is 29.2 Å². The molecular formula is C20H15FN2. The average Bonchev–Trinajstić information content (AvgIpc) is 2.91. The smallest absolute Gasteiger partial charge is 0.125 e. The van der Waals surface area contributed by atoms with Crippen LogP contribution in [0.3, 0.4) is 0 Å². The summed E-state index contributed by atoms with van der Waals surface area (Å²) in [5, 5.41) is 0. The Balaban J connectivity index is 1.83. The zero-order valence-electron chi connectivity index (χ0n) is 12.7. The highest BCUT2D eigenvalue weighted by Crippen LogP contribution is 2.25. The molecule has 0 spiro atoms. The van der Waals surface area contributed by atoms with Crippen molar-refractivity contribution in [2.75, 3.05) is 0 Å². The molecule has 0 unspecified atom stereocenters. The van der Waals surface area contributed by atoms with E-state index < -0.39 is 0 Å². The van der Waals surface area contributed by atoms with Crippen molar-refractivity contribution in [3.05, 3.63) is 84.4 Å². The van der Waals surface area contributed by atoms with Crippen LogP contribution in [0.1, 0.15) is 5.82 Å². The van der Waals surface area contributed by atoms with E-state index in [4.69, 9.17) is 0 Å². The molecule has 3 heteroatoms. The van der Waals surface area contributed by atoms with Crippen molar-refractivity contribution >= 4 is 11.0 Å². The van der Waals surface area contributed by atoms with E-state index in [1.807, 2.05) is 41.8 Å². The molecule has 4 aromatic rings. The zero-order valence-corrected chi connectivity index (χ0v) is 12.7. The topological polar surface area (TPSA) is 17.8 Å². The number of imidazole rings is 1. The first-order chi connectivity index (χ1) is 11.2. The molecule has 0 aliphatic carbocycles. The summed E-state index contributed by atoms with van der Waals surface area (Å²) in [6.45, 7) is 1.93. The Morgan fingerprint density at radius 1 is 0.826 bits per heavy atom. The lowest BCUT2D eigenvalue weighted by atomic mass is 10.1. The summed E-state index contributed by atoms with van der Waals surface area (Å²) >= 11 is 0. The van der Waals surface area contributed by atoms with Gasteiger partial charge in [-0.05, 0) is 42.3 Å². The minimum Gasteiger partial charge on any atom is -0.296 e. The van der Waals surface area contributed by atoms with E-state index in [1.165, 1.54) is 17.7 Å². The fourth-order valence-electron chi connectivity index (χ4n) is 2.93. The van der Waals surface area contributed by atoms with Crippen LogP contribution < -0.4 is 0 Å². The average molecular weight is 302 g/mol. The van der Waals surface area contributed by atoms with E-state index >= 15 is 0 Å². The molecule has 0 saturated carbocycles. The molecule has 23 heavy (non-hydrogen) atoms. The third-order valence-corrected chi connectivity index (χ3v) is 4.02. The van der Waals surface area contributed by atoms with Gasteiger partial charge in [-0.3, -0.25) is 4.57 Å². The number of benzene rings is 3. The van der Waals surface area contributed by atoms with E-state index in [-0.39, 0.29) is 5.82 Å². The third kappa shape index (κ3) is 2.40. The Labute approximate surface area is 133 Å². The maximum absolute atomic E-state index is 13.6. The lowest BCUT2D eigenvalue weighted by Crippen LogP contribution is -1.96. The van der Waals surface area contributed by atoms with Crippen LogP contribution in [-0.2, 0) is 0 Å². The largest absolute Gasteiger partial charge is 0.296 e. The second-order valence-electron chi connectivity index (χ2n) is 5.54. The SMILES string of the molecule is Cc1nc2ccc(F)cc2n1-c1ccc(-c2ccccc2)cc1. The number of aromatic nitrogens is 2. The zero-order chi connectivity index (χ0) is 15.8. The van der Waals surface area contributed by atoms with Gasteiger partial charge in [-0.1, -0.05) is 42.5 Å². The number of halogens is 1. The van der Waals surface area contributed by atoms with Gasteiger partial charge in [-0.2, -0.15) is 0 Å². The number of rotatable bonds is 2. The number of nitrogens with zero attached hydrogens (tertiary/aromatic N) is 2. The van der Waals surface area contributed by atoms with Gasteiger partial charge in [0, 0.05) is 11.8 Å². The molecule has 0 N–H and O–H groups in total. The number of fused-ring (bicyclic) bond motifs is 1. The Bertz CT molecular complexity index is 970. The fraction of sp³-hybridized carbons (Fsp3) is 0.0500. The van der Waals surface area contributed by atoms with Crippen molar-refractivity contribution in [2.45, 2.75) is 6.92 Å². The summed E-state index contributed by atoms with van der Waals surface area (Å²) in [5.74, 6) is 0.595. The Kier molecular flexibility index (Phi) is 3.19. The second-order valence-corrected chi connectivity index (χ2v) is 5.54. The standard InChI is InChI=1S/C20H15FN2/c1-14-22-19-12-9-17(21)13-20(19)23(14)18-10-7-16(8-11-18)15-5-3-2-4-6-15/h2-13H,1H3. The predicted molar refractivity (Wildman–Crippen MR) is 91.2 cm³/mol. The monoisotopic (exact) mass is 302 g/mol. The van der Waals surface area contributed by atoms with Gasteiger partial charge in [0.1, 0.15) is 11.6 Å². The molecule has 0 atom stereocenters. The van der Waals surface area contributed by atoms with Crippen LogP contribution in [0.4, 0.5) is 4.39 Å². The molecule has 112 valence electrons. The molecule has 4 rings (SSSR count). The van der Waals surface area contributed by atoms with Crippen molar-refractivity contribution in [1.82, 2.24) is 9.55 Å². The highest BCUT2D eigenvalue weighted by molar-refractivity contribution is 5.78. The molecule has 0 radical (unpaired) electrons. The van der Waals surface area contributed by atoms with Gasteiger partial charge in [-0.15, -0.1) is 0 Å². The first-order valence-electron chi connectivity index (χ1n) is 7.53. The van der Waals surface area contributed by atoms with Gasteiger partial charge in [0.15, 0.2) is 0 Å². The van der Waals surface area contributed by atoms with Crippen molar-refractivity contribution in [1.29, 1.82) is 0 Å². The van der Waals surface area contributed by atoms with Crippen LogP contribution in [0.25, 0.3) is 27.8 Å². The summed E-state index contributed by atoms with van der Waals surface area (Å²) in [7, 11) is 0. The van der Waals surface area contributed by atoms with Crippen molar-refractivity contribution in [3.8, 4) is 16.8 Å². The molecule has 0 bridgehead atoms. The minimum absolute atomic E-state index is 0.250. The predicted octanol–water partition coefficient (Wildman–Crippen LogP) is 5.14. The Morgan fingerprint density at radius 3 is 2.26 bits per heavy atom. The highest BCUT2D eigenvalue weighted by Gasteiger charge is 2.10. The molecule has 0 fully saturated rings. The molecule has 1 heterocycles. The number of hydrogen-bond acceptors (Lipinski definition) is 1.